The minimum atomic E-state index is 0.300. The largest absolute Gasteiger partial charge is 0.497 e. The Morgan fingerprint density at radius 1 is 1.19 bits per heavy atom. The number of benzene rings is 1. The molecule has 1 aliphatic rings. The highest BCUT2D eigenvalue weighted by molar-refractivity contribution is 5.87. The number of nitrogens with zero attached hydrogens (tertiary/aromatic N) is 2. The number of rotatable bonds is 5. The van der Waals surface area contributed by atoms with Gasteiger partial charge >= 0.3 is 0 Å². The molecule has 1 saturated heterocycles. The lowest BCUT2D eigenvalue weighted by molar-refractivity contribution is 0.240. The molecule has 0 bridgehead atoms. The molecule has 0 saturated carbocycles. The number of piperidine rings is 1. The van der Waals surface area contributed by atoms with Gasteiger partial charge in [0.1, 0.15) is 11.6 Å². The second kappa shape index (κ2) is 7.38. The molecule has 0 radical (unpaired) electrons. The zero-order valence-corrected chi connectivity index (χ0v) is 15.1. The normalized spacial score (nSPS) is 15.5. The highest BCUT2D eigenvalue weighted by Gasteiger charge is 2.19. The first kappa shape index (κ1) is 16.9. The summed E-state index contributed by atoms with van der Waals surface area (Å²) in [5.74, 6) is 2.55. The number of pyridine rings is 1. The maximum absolute atomic E-state index is 9.09. The molecule has 4 rings (SSSR count). The summed E-state index contributed by atoms with van der Waals surface area (Å²) in [7, 11) is 1.68. The standard InChI is InChI=1S/C21H25N3O2/c1-26-18-3-4-19-17(12-18)13-20(23-19)16-2-5-21(22-14-16)24-9-6-15(7-10-24)8-11-25/h2-5,12-15,23,25H,6-11H2,1H3. The summed E-state index contributed by atoms with van der Waals surface area (Å²) in [6.45, 7) is 2.33. The molecule has 0 atom stereocenters. The molecule has 26 heavy (non-hydrogen) atoms. The number of fused-ring (bicyclic) bond motifs is 1. The van der Waals surface area contributed by atoms with Crippen LogP contribution in [0.1, 0.15) is 19.3 Å². The van der Waals surface area contributed by atoms with Crippen LogP contribution in [0.25, 0.3) is 22.2 Å². The second-order valence-electron chi connectivity index (χ2n) is 6.98. The van der Waals surface area contributed by atoms with E-state index in [0.717, 1.165) is 66.1 Å². The summed E-state index contributed by atoms with van der Waals surface area (Å²) in [6.07, 6.45) is 5.13. The van der Waals surface area contributed by atoms with Crippen molar-refractivity contribution in [2.45, 2.75) is 19.3 Å². The lowest BCUT2D eigenvalue weighted by Crippen LogP contribution is -2.34. The van der Waals surface area contributed by atoms with Crippen LogP contribution in [0.2, 0.25) is 0 Å². The average Bonchev–Trinajstić information content (AvgIpc) is 3.12. The smallest absolute Gasteiger partial charge is 0.128 e. The number of hydrogen-bond acceptors (Lipinski definition) is 4. The fraction of sp³-hybridized carbons (Fsp3) is 0.381. The van der Waals surface area contributed by atoms with Crippen LogP contribution < -0.4 is 9.64 Å². The lowest BCUT2D eigenvalue weighted by Gasteiger charge is -2.32. The van der Waals surface area contributed by atoms with Crippen LogP contribution in [0, 0.1) is 5.92 Å². The van der Waals surface area contributed by atoms with Gasteiger partial charge in [-0.05, 0) is 61.6 Å². The van der Waals surface area contributed by atoms with E-state index in [0.29, 0.717) is 12.5 Å². The Balaban J connectivity index is 1.49. The lowest BCUT2D eigenvalue weighted by atomic mass is 9.94. The quantitative estimate of drug-likeness (QED) is 0.733. The van der Waals surface area contributed by atoms with Gasteiger partial charge in [-0.25, -0.2) is 4.98 Å². The number of nitrogens with one attached hydrogen (secondary N) is 1. The molecule has 1 aliphatic heterocycles. The van der Waals surface area contributed by atoms with Gasteiger partial charge in [-0.15, -0.1) is 0 Å². The van der Waals surface area contributed by atoms with Gasteiger partial charge in [0.15, 0.2) is 0 Å². The topological polar surface area (TPSA) is 61.4 Å². The third kappa shape index (κ3) is 3.40. The van der Waals surface area contributed by atoms with Crippen LogP contribution in [-0.2, 0) is 0 Å². The number of aliphatic hydroxyl groups excluding tert-OH is 1. The van der Waals surface area contributed by atoms with E-state index in [4.69, 9.17) is 9.84 Å². The Labute approximate surface area is 153 Å². The minimum absolute atomic E-state index is 0.300. The number of anilines is 1. The Hall–Kier alpha value is -2.53. The molecule has 2 N–H and O–H groups in total. The van der Waals surface area contributed by atoms with Gasteiger partial charge in [0.25, 0.3) is 0 Å². The molecule has 3 heterocycles. The first-order chi connectivity index (χ1) is 12.8. The number of hydrogen-bond donors (Lipinski definition) is 2. The van der Waals surface area contributed by atoms with Crippen LogP contribution in [0.4, 0.5) is 5.82 Å². The molecular formula is C21H25N3O2. The van der Waals surface area contributed by atoms with Crippen LogP contribution in [0.3, 0.4) is 0 Å². The molecule has 0 spiro atoms. The Morgan fingerprint density at radius 3 is 2.73 bits per heavy atom. The first-order valence-electron chi connectivity index (χ1n) is 9.26. The SMILES string of the molecule is COc1ccc2[nH]c(-c3ccc(N4CCC(CCO)CC4)nc3)cc2c1. The number of H-pyrrole nitrogens is 1. The molecule has 1 fully saturated rings. The summed E-state index contributed by atoms with van der Waals surface area (Å²) in [4.78, 5) is 10.5. The molecule has 1 aromatic carbocycles. The van der Waals surface area contributed by atoms with Crippen molar-refractivity contribution in [2.24, 2.45) is 5.92 Å². The summed E-state index contributed by atoms with van der Waals surface area (Å²) < 4.78 is 5.30. The molecule has 5 heteroatoms. The molecule has 0 unspecified atom stereocenters. The van der Waals surface area contributed by atoms with E-state index >= 15 is 0 Å². The highest BCUT2D eigenvalue weighted by atomic mass is 16.5. The fourth-order valence-electron chi connectivity index (χ4n) is 3.76. The zero-order chi connectivity index (χ0) is 17.9. The molecular weight excluding hydrogens is 326 g/mol. The van der Waals surface area contributed by atoms with Crippen LogP contribution in [-0.4, -0.2) is 41.9 Å². The molecule has 5 nitrogen and oxygen atoms in total. The van der Waals surface area contributed by atoms with Gasteiger partial charge in [0, 0.05) is 48.1 Å². The van der Waals surface area contributed by atoms with E-state index in [1.165, 1.54) is 0 Å². The monoisotopic (exact) mass is 351 g/mol. The van der Waals surface area contributed by atoms with E-state index in [9.17, 15) is 0 Å². The predicted molar refractivity (Wildman–Crippen MR) is 105 cm³/mol. The third-order valence-electron chi connectivity index (χ3n) is 5.36. The number of methoxy groups -OCH3 is 1. The zero-order valence-electron chi connectivity index (χ0n) is 15.1. The summed E-state index contributed by atoms with van der Waals surface area (Å²) >= 11 is 0. The van der Waals surface area contributed by atoms with Crippen molar-refractivity contribution < 1.29 is 9.84 Å². The number of aliphatic hydroxyl groups is 1. The molecule has 2 aromatic heterocycles. The highest BCUT2D eigenvalue weighted by Crippen LogP contribution is 2.28. The van der Waals surface area contributed by atoms with Crippen LogP contribution >= 0.6 is 0 Å². The second-order valence-corrected chi connectivity index (χ2v) is 6.98. The fourth-order valence-corrected chi connectivity index (χ4v) is 3.76. The Kier molecular flexibility index (Phi) is 4.80. The van der Waals surface area contributed by atoms with Gasteiger partial charge in [-0.2, -0.15) is 0 Å². The van der Waals surface area contributed by atoms with Crippen molar-refractivity contribution in [2.75, 3.05) is 31.7 Å². The first-order valence-corrected chi connectivity index (χ1v) is 9.26. The minimum Gasteiger partial charge on any atom is -0.497 e. The van der Waals surface area contributed by atoms with Crippen LogP contribution in [0.15, 0.2) is 42.6 Å². The average molecular weight is 351 g/mol. The Bertz CT molecular complexity index is 865. The summed E-state index contributed by atoms with van der Waals surface area (Å²) in [5, 5.41) is 10.2. The summed E-state index contributed by atoms with van der Waals surface area (Å²) in [6, 6.07) is 12.4. The van der Waals surface area contributed by atoms with Crippen molar-refractivity contribution in [3.05, 3.63) is 42.6 Å². The van der Waals surface area contributed by atoms with E-state index in [1.54, 1.807) is 7.11 Å². The van der Waals surface area contributed by atoms with Crippen molar-refractivity contribution >= 4 is 16.7 Å². The van der Waals surface area contributed by atoms with Crippen molar-refractivity contribution in [3.63, 3.8) is 0 Å². The van der Waals surface area contributed by atoms with Crippen molar-refractivity contribution in [1.29, 1.82) is 0 Å². The van der Waals surface area contributed by atoms with Gasteiger partial charge in [-0.3, -0.25) is 0 Å². The van der Waals surface area contributed by atoms with Crippen LogP contribution in [0.5, 0.6) is 5.75 Å². The number of ether oxygens (including phenoxy) is 1. The Morgan fingerprint density at radius 2 is 2.04 bits per heavy atom. The molecule has 136 valence electrons. The number of aromatic amines is 1. The van der Waals surface area contributed by atoms with Crippen molar-refractivity contribution in [3.8, 4) is 17.0 Å². The van der Waals surface area contributed by atoms with E-state index in [1.807, 2.05) is 24.4 Å². The van der Waals surface area contributed by atoms with Gasteiger partial charge in [0.05, 0.1) is 7.11 Å². The molecule has 3 aromatic rings. The van der Waals surface area contributed by atoms with E-state index in [2.05, 4.69) is 33.1 Å². The third-order valence-corrected chi connectivity index (χ3v) is 5.36. The van der Waals surface area contributed by atoms with Crippen molar-refractivity contribution in [1.82, 2.24) is 9.97 Å². The predicted octanol–water partition coefficient (Wildman–Crippen LogP) is 3.84. The molecule has 0 aliphatic carbocycles. The van der Waals surface area contributed by atoms with Gasteiger partial charge in [-0.1, -0.05) is 0 Å². The maximum Gasteiger partial charge on any atom is 0.128 e. The van der Waals surface area contributed by atoms with Gasteiger partial charge < -0.3 is 19.7 Å². The van der Waals surface area contributed by atoms with Gasteiger partial charge in [0.2, 0.25) is 0 Å². The van der Waals surface area contributed by atoms with E-state index in [-0.39, 0.29) is 0 Å². The molecule has 0 amide bonds. The van der Waals surface area contributed by atoms with E-state index < -0.39 is 0 Å². The maximum atomic E-state index is 9.09. The summed E-state index contributed by atoms with van der Waals surface area (Å²) in [5.41, 5.74) is 3.24. The number of aromatic nitrogens is 2.